The number of aromatic nitrogens is 16. The van der Waals surface area contributed by atoms with Crippen LogP contribution in [0.4, 0.5) is 0 Å². The Morgan fingerprint density at radius 1 is 0.266 bits per heavy atom. The highest BCUT2D eigenvalue weighted by molar-refractivity contribution is 6.32. The minimum absolute atomic E-state index is 0.152. The first-order valence-corrected chi connectivity index (χ1v) is 43.4. The van der Waals surface area contributed by atoms with Crippen molar-refractivity contribution in [1.82, 2.24) is 88.0 Å². The minimum Gasteiger partial charge on any atom is -0.377 e. The van der Waals surface area contributed by atoms with Gasteiger partial charge in [0.1, 0.15) is 0 Å². The SMILES string of the molecule is O=C(c1ccccc1)n1cc(COCCOCCn2cc(CN(CCN(Cc3cn(CCOCCOCc4cn(C(=O)c5ccccc5)c5ccc(Cl)cc45)nn3)Cc3cn(CCOCCOCc4cn(C(=O)c5ccccc5)c5ccc(Cl)cc45)nn3)Cc3cn(CCOCCOCc4cn(C(=O)c5ccccc5)c5ccc(Cl)cc45)nn3)nn2)c2cc(Cl)ccc21. The fourth-order valence-electron chi connectivity index (χ4n) is 15.0. The highest BCUT2D eigenvalue weighted by Crippen LogP contribution is 2.32. The number of fused-ring (bicyclic) bond motifs is 4. The summed E-state index contributed by atoms with van der Waals surface area (Å²) in [6.07, 6.45) is 14.9. The lowest BCUT2D eigenvalue weighted by Crippen LogP contribution is -2.34. The molecule has 0 spiro atoms. The molecule has 0 aliphatic carbocycles. The molecule has 34 heteroatoms. The van der Waals surface area contributed by atoms with Gasteiger partial charge in [-0.3, -0.25) is 47.2 Å². The third-order valence-corrected chi connectivity index (χ3v) is 22.3. The lowest BCUT2D eigenvalue weighted by Gasteiger charge is -2.25. The van der Waals surface area contributed by atoms with Gasteiger partial charge in [0, 0.05) is 175 Å². The molecule has 0 bridgehead atoms. The van der Waals surface area contributed by atoms with Gasteiger partial charge < -0.3 is 37.9 Å². The molecule has 0 saturated heterocycles. The van der Waals surface area contributed by atoms with Crippen LogP contribution in [-0.2, 0) is 117 Å². The molecule has 0 aliphatic heterocycles. The van der Waals surface area contributed by atoms with Crippen molar-refractivity contribution in [2.45, 2.75) is 78.8 Å². The van der Waals surface area contributed by atoms with E-state index in [2.05, 4.69) is 51.0 Å². The highest BCUT2D eigenvalue weighted by atomic mass is 35.5. The van der Waals surface area contributed by atoms with E-state index in [9.17, 15) is 19.2 Å². The van der Waals surface area contributed by atoms with Crippen molar-refractivity contribution >= 4 is 114 Å². The van der Waals surface area contributed by atoms with Crippen LogP contribution in [0.5, 0.6) is 0 Å². The standard InChI is InChI=1S/C94H92Cl4N18O12/c95-75-21-25-87-83(47-75)71(51-113(87)91(117)67-13-5-1-6-14-67)63-125-43-39-121-35-31-109-59-79(99-103-109)55-107(56-80-60-110(104-100-80)32-36-122-40-44-126-64-72-52-114(88-26-22-76(96)48-84(72)88)92(118)68-15-7-2-8-16-68)29-30-108(57-81-61-111(105-101-81)33-37-123-41-45-127-65-73-53-115(89-27-23-77(97)49-85(73)89)93(119)69-17-9-3-10-18-69)58-82-62-112(106-102-82)34-38-124-42-46-128-66-74-54-116(90-28-24-78(98)50-86(74)90)94(120)70-19-11-4-12-20-70/h1-28,47-54,59-62H,29-46,55-58,63-66H2. The van der Waals surface area contributed by atoms with Gasteiger partial charge in [0.15, 0.2) is 0 Å². The van der Waals surface area contributed by atoms with E-state index >= 15 is 0 Å². The van der Waals surface area contributed by atoms with Crippen LogP contribution in [-0.4, -0.2) is 204 Å². The first-order valence-electron chi connectivity index (χ1n) is 41.9. The maximum Gasteiger partial charge on any atom is 0.262 e. The second-order valence-electron chi connectivity index (χ2n) is 30.4. The fourth-order valence-corrected chi connectivity index (χ4v) is 15.7. The molecule has 8 heterocycles. The topological polar surface area (TPSA) is 291 Å². The van der Waals surface area contributed by atoms with Crippen LogP contribution in [0.1, 0.15) is 86.5 Å². The Morgan fingerprint density at radius 2 is 0.484 bits per heavy atom. The first kappa shape index (κ1) is 89.3. The summed E-state index contributed by atoms with van der Waals surface area (Å²) in [6, 6.07) is 58.4. The number of halogens is 4. The second kappa shape index (κ2) is 44.1. The number of carbonyl (C=O) groups excluding carboxylic acids is 4. The average molecular weight is 1810 g/mol. The molecule has 128 heavy (non-hydrogen) atoms. The molecular formula is C94H92Cl4N18O12. The van der Waals surface area contributed by atoms with Crippen molar-refractivity contribution in [3.8, 4) is 0 Å². The van der Waals surface area contributed by atoms with Gasteiger partial charge in [-0.15, -0.1) is 20.4 Å². The molecule has 8 aromatic heterocycles. The Hall–Kier alpha value is -12.1. The van der Waals surface area contributed by atoms with E-state index in [0.717, 1.165) is 65.9 Å². The van der Waals surface area contributed by atoms with Gasteiger partial charge in [-0.05, 0) is 121 Å². The molecule has 8 aromatic carbocycles. The van der Waals surface area contributed by atoms with Crippen LogP contribution < -0.4 is 0 Å². The number of hydrogen-bond acceptors (Lipinski definition) is 22. The molecule has 0 radical (unpaired) electrons. The van der Waals surface area contributed by atoms with E-state index in [1.165, 1.54) is 0 Å². The van der Waals surface area contributed by atoms with Crippen LogP contribution in [0.15, 0.2) is 244 Å². The molecule has 0 aliphatic rings. The smallest absolute Gasteiger partial charge is 0.262 e. The van der Waals surface area contributed by atoms with Gasteiger partial charge in [-0.2, -0.15) is 0 Å². The Bertz CT molecular complexity index is 5650. The van der Waals surface area contributed by atoms with Crippen LogP contribution >= 0.6 is 46.4 Å². The number of benzene rings is 8. The van der Waals surface area contributed by atoms with E-state index in [1.807, 2.05) is 171 Å². The van der Waals surface area contributed by atoms with Gasteiger partial charge in [-0.25, -0.2) is 18.7 Å². The molecule has 0 atom stereocenters. The van der Waals surface area contributed by atoms with E-state index in [1.54, 1.807) is 110 Å². The summed E-state index contributed by atoms with van der Waals surface area (Å²) in [5.41, 5.74) is 11.4. The Balaban J connectivity index is 0.554. The van der Waals surface area contributed by atoms with Gasteiger partial charge in [0.05, 0.1) is 177 Å². The minimum atomic E-state index is -0.152. The number of ether oxygens (including phenoxy) is 8. The van der Waals surface area contributed by atoms with E-state index in [-0.39, 0.29) is 50.1 Å². The third kappa shape index (κ3) is 23.4. The molecule has 0 unspecified atom stereocenters. The zero-order chi connectivity index (χ0) is 87.9. The zero-order valence-corrected chi connectivity index (χ0v) is 73.0. The largest absolute Gasteiger partial charge is 0.377 e. The average Bonchev–Trinajstić information content (AvgIpc) is 1.65. The molecule has 0 N–H and O–H groups in total. The molecule has 658 valence electrons. The highest BCUT2D eigenvalue weighted by Gasteiger charge is 2.24. The second-order valence-corrected chi connectivity index (χ2v) is 32.1. The summed E-state index contributed by atoms with van der Waals surface area (Å²) in [5.74, 6) is -0.610. The zero-order valence-electron chi connectivity index (χ0n) is 69.9. The van der Waals surface area contributed by atoms with Crippen molar-refractivity contribution in [2.24, 2.45) is 0 Å². The van der Waals surface area contributed by atoms with Gasteiger partial charge >= 0.3 is 0 Å². The molecule has 16 rings (SSSR count). The number of nitrogens with zero attached hydrogens (tertiary/aromatic N) is 18. The molecule has 30 nitrogen and oxygen atoms in total. The van der Waals surface area contributed by atoms with Crippen molar-refractivity contribution in [1.29, 1.82) is 0 Å². The summed E-state index contributed by atoms with van der Waals surface area (Å²) in [4.78, 5) is 58.9. The van der Waals surface area contributed by atoms with Gasteiger partial charge in [-0.1, -0.05) is 140 Å². The van der Waals surface area contributed by atoms with E-state index in [0.29, 0.717) is 210 Å². The maximum absolute atomic E-state index is 13.6. The van der Waals surface area contributed by atoms with Gasteiger partial charge in [0.2, 0.25) is 0 Å². The van der Waals surface area contributed by atoms with Crippen LogP contribution in [0.3, 0.4) is 0 Å². The van der Waals surface area contributed by atoms with Crippen LogP contribution in [0.25, 0.3) is 43.6 Å². The van der Waals surface area contributed by atoms with E-state index < -0.39 is 0 Å². The molecule has 0 amide bonds. The Labute approximate surface area is 756 Å². The Kier molecular flexibility index (Phi) is 30.8. The quantitative estimate of drug-likeness (QED) is 0.0320. The maximum atomic E-state index is 13.6. The molecule has 16 aromatic rings. The summed E-state index contributed by atoms with van der Waals surface area (Å²) >= 11 is 25.8. The van der Waals surface area contributed by atoms with Crippen molar-refractivity contribution in [2.75, 3.05) is 92.4 Å². The number of carbonyl (C=O) groups is 4. The summed E-state index contributed by atoms with van der Waals surface area (Å²) in [6.45, 7) is 9.04. The predicted octanol–water partition coefficient (Wildman–Crippen LogP) is 14.9. The fraction of sp³-hybridized carbons (Fsp3) is 0.277. The monoisotopic (exact) mass is 1800 g/mol. The lowest BCUT2D eigenvalue weighted by molar-refractivity contribution is 0.0373. The van der Waals surface area contributed by atoms with Crippen molar-refractivity contribution in [3.05, 3.63) is 331 Å². The summed E-state index contributed by atoms with van der Waals surface area (Å²) < 4.78 is 62.2. The lowest BCUT2D eigenvalue weighted by atomic mass is 10.2. The van der Waals surface area contributed by atoms with Crippen molar-refractivity contribution in [3.63, 3.8) is 0 Å². The Morgan fingerprint density at radius 3 is 0.711 bits per heavy atom. The van der Waals surface area contributed by atoms with Gasteiger partial charge in [0.25, 0.3) is 23.6 Å². The molecule has 0 saturated carbocycles. The van der Waals surface area contributed by atoms with Crippen LogP contribution in [0, 0.1) is 0 Å². The molecular weight excluding hydrogens is 1710 g/mol. The number of rotatable bonds is 47. The van der Waals surface area contributed by atoms with E-state index in [4.69, 9.17) is 84.3 Å². The normalized spacial score (nSPS) is 11.8. The number of hydrogen-bond donors (Lipinski definition) is 0. The summed E-state index contributed by atoms with van der Waals surface area (Å²) in [5, 5.41) is 42.2. The summed E-state index contributed by atoms with van der Waals surface area (Å²) in [7, 11) is 0. The predicted molar refractivity (Wildman–Crippen MR) is 483 cm³/mol. The third-order valence-electron chi connectivity index (χ3n) is 21.4. The first-order chi connectivity index (χ1) is 62.7. The molecule has 0 fully saturated rings. The van der Waals surface area contributed by atoms with Crippen LogP contribution in [0.2, 0.25) is 20.1 Å². The van der Waals surface area contributed by atoms with Crippen molar-refractivity contribution < 1.29 is 57.1 Å².